The van der Waals surface area contributed by atoms with Crippen LogP contribution in [0.15, 0.2) is 41.8 Å². The molecule has 1 aliphatic heterocycles. The average Bonchev–Trinajstić information content (AvgIpc) is 3.01. The van der Waals surface area contributed by atoms with Crippen LogP contribution in [0, 0.1) is 0 Å². The molecular weight excluding hydrogens is 302 g/mol. The summed E-state index contributed by atoms with van der Waals surface area (Å²) in [6.07, 6.45) is 6.38. The molecule has 0 aliphatic carbocycles. The Labute approximate surface area is 144 Å². The minimum atomic E-state index is 0.591. The number of rotatable bonds is 6. The second kappa shape index (κ2) is 8.51. The number of benzene rings is 1. The predicted octanol–water partition coefficient (Wildman–Crippen LogP) is 5.65. The molecule has 0 bridgehead atoms. The van der Waals surface area contributed by atoms with Gasteiger partial charge in [-0.3, -0.25) is 4.90 Å². The Morgan fingerprint density at radius 1 is 1.13 bits per heavy atom. The minimum Gasteiger partial charge on any atom is -0.494 e. The molecule has 3 heteroatoms. The summed E-state index contributed by atoms with van der Waals surface area (Å²) in [5, 5.41) is 2.21. The van der Waals surface area contributed by atoms with E-state index in [2.05, 4.69) is 53.6 Å². The van der Waals surface area contributed by atoms with E-state index in [1.54, 1.807) is 0 Å². The van der Waals surface area contributed by atoms with E-state index in [0.717, 1.165) is 25.3 Å². The van der Waals surface area contributed by atoms with Crippen molar-refractivity contribution in [2.45, 2.75) is 51.6 Å². The Balaban J connectivity index is 1.68. The first-order valence-corrected chi connectivity index (χ1v) is 9.74. The highest BCUT2D eigenvalue weighted by atomic mass is 32.1. The van der Waals surface area contributed by atoms with Gasteiger partial charge >= 0.3 is 0 Å². The van der Waals surface area contributed by atoms with Gasteiger partial charge in [0.2, 0.25) is 0 Å². The maximum Gasteiger partial charge on any atom is 0.119 e. The van der Waals surface area contributed by atoms with Gasteiger partial charge in [0, 0.05) is 17.5 Å². The monoisotopic (exact) mass is 329 g/mol. The highest BCUT2D eigenvalue weighted by molar-refractivity contribution is 7.10. The molecule has 0 amide bonds. The van der Waals surface area contributed by atoms with Crippen molar-refractivity contribution in [3.63, 3.8) is 0 Å². The summed E-state index contributed by atoms with van der Waals surface area (Å²) in [5.74, 6) is 0.987. The van der Waals surface area contributed by atoms with Gasteiger partial charge in [-0.2, -0.15) is 0 Å². The number of likely N-dealkylation sites (tertiary alicyclic amines) is 1. The summed E-state index contributed by atoms with van der Waals surface area (Å²) >= 11 is 1.90. The van der Waals surface area contributed by atoms with Crippen molar-refractivity contribution in [2.24, 2.45) is 0 Å². The summed E-state index contributed by atoms with van der Waals surface area (Å²) < 4.78 is 5.69. The van der Waals surface area contributed by atoms with Gasteiger partial charge in [-0.05, 0) is 54.9 Å². The van der Waals surface area contributed by atoms with Crippen LogP contribution in [-0.2, 0) is 6.54 Å². The van der Waals surface area contributed by atoms with Crippen molar-refractivity contribution >= 4 is 11.3 Å². The molecule has 3 rings (SSSR count). The lowest BCUT2D eigenvalue weighted by molar-refractivity contribution is 0.195. The smallest absolute Gasteiger partial charge is 0.119 e. The van der Waals surface area contributed by atoms with Gasteiger partial charge in [-0.15, -0.1) is 11.3 Å². The fourth-order valence-electron chi connectivity index (χ4n) is 3.31. The van der Waals surface area contributed by atoms with Crippen LogP contribution in [0.5, 0.6) is 5.75 Å². The Kier molecular flexibility index (Phi) is 6.12. The van der Waals surface area contributed by atoms with Crippen molar-refractivity contribution < 1.29 is 4.74 Å². The summed E-state index contributed by atoms with van der Waals surface area (Å²) in [6, 6.07) is 13.8. The van der Waals surface area contributed by atoms with Crippen LogP contribution in [-0.4, -0.2) is 18.1 Å². The van der Waals surface area contributed by atoms with E-state index in [1.807, 2.05) is 11.3 Å². The van der Waals surface area contributed by atoms with Gasteiger partial charge in [0.1, 0.15) is 5.75 Å². The molecule has 2 aromatic rings. The number of ether oxygens (including phenoxy) is 1. The second-order valence-electron chi connectivity index (χ2n) is 6.34. The Morgan fingerprint density at radius 3 is 2.74 bits per heavy atom. The summed E-state index contributed by atoms with van der Waals surface area (Å²) in [4.78, 5) is 4.19. The fourth-order valence-corrected chi connectivity index (χ4v) is 4.20. The largest absolute Gasteiger partial charge is 0.494 e. The molecule has 0 N–H and O–H groups in total. The van der Waals surface area contributed by atoms with E-state index in [4.69, 9.17) is 4.74 Å². The van der Waals surface area contributed by atoms with Crippen LogP contribution in [0.1, 0.15) is 55.5 Å². The molecule has 1 atom stereocenters. The molecular formula is C20H27NOS. The summed E-state index contributed by atoms with van der Waals surface area (Å²) in [6.45, 7) is 5.18. The normalized spacial score (nSPS) is 19.4. The van der Waals surface area contributed by atoms with E-state index in [9.17, 15) is 0 Å². The van der Waals surface area contributed by atoms with Crippen LogP contribution in [0.2, 0.25) is 0 Å². The molecule has 1 saturated heterocycles. The predicted molar refractivity (Wildman–Crippen MR) is 98.2 cm³/mol. The SMILES string of the molecule is CCCOc1ccc(CN2CCCCC[C@H]2c2cccs2)cc1. The van der Waals surface area contributed by atoms with Crippen LogP contribution >= 0.6 is 11.3 Å². The lowest BCUT2D eigenvalue weighted by Crippen LogP contribution is -2.27. The van der Waals surface area contributed by atoms with Crippen molar-refractivity contribution in [1.82, 2.24) is 4.90 Å². The highest BCUT2D eigenvalue weighted by Crippen LogP contribution is 2.33. The second-order valence-corrected chi connectivity index (χ2v) is 7.32. The Morgan fingerprint density at radius 2 is 2.00 bits per heavy atom. The molecule has 1 aliphatic rings. The third-order valence-electron chi connectivity index (χ3n) is 4.52. The molecule has 2 nitrogen and oxygen atoms in total. The van der Waals surface area contributed by atoms with Gasteiger partial charge in [0.05, 0.1) is 6.61 Å². The van der Waals surface area contributed by atoms with Crippen LogP contribution < -0.4 is 4.74 Å². The van der Waals surface area contributed by atoms with Crippen molar-refractivity contribution in [1.29, 1.82) is 0 Å². The zero-order valence-corrected chi connectivity index (χ0v) is 14.9. The maximum absolute atomic E-state index is 5.69. The Hall–Kier alpha value is -1.32. The fraction of sp³-hybridized carbons (Fsp3) is 0.500. The van der Waals surface area contributed by atoms with E-state index in [0.29, 0.717) is 6.04 Å². The average molecular weight is 330 g/mol. The molecule has 0 radical (unpaired) electrons. The third-order valence-corrected chi connectivity index (χ3v) is 5.49. The van der Waals surface area contributed by atoms with Gasteiger partial charge in [0.25, 0.3) is 0 Å². The molecule has 124 valence electrons. The summed E-state index contributed by atoms with van der Waals surface area (Å²) in [7, 11) is 0. The van der Waals surface area contributed by atoms with Crippen molar-refractivity contribution in [2.75, 3.05) is 13.2 Å². The number of hydrogen-bond donors (Lipinski definition) is 0. The lowest BCUT2D eigenvalue weighted by atomic mass is 10.1. The third kappa shape index (κ3) is 4.58. The minimum absolute atomic E-state index is 0.591. The molecule has 0 unspecified atom stereocenters. The number of hydrogen-bond acceptors (Lipinski definition) is 3. The first-order valence-electron chi connectivity index (χ1n) is 8.86. The quantitative estimate of drug-likeness (QED) is 0.678. The maximum atomic E-state index is 5.69. The summed E-state index contributed by atoms with van der Waals surface area (Å²) in [5.41, 5.74) is 1.39. The van der Waals surface area contributed by atoms with Crippen LogP contribution in [0.3, 0.4) is 0 Å². The highest BCUT2D eigenvalue weighted by Gasteiger charge is 2.23. The molecule has 1 fully saturated rings. The standard InChI is InChI=1S/C20H27NOS/c1-2-14-22-18-11-9-17(10-12-18)16-21-13-5-3-4-7-19(21)20-8-6-15-23-20/h6,8-12,15,19H,2-5,7,13-14,16H2,1H3/t19-/m0/s1. The van der Waals surface area contributed by atoms with Gasteiger partial charge in [-0.25, -0.2) is 0 Å². The van der Waals surface area contributed by atoms with Crippen molar-refractivity contribution in [3.05, 3.63) is 52.2 Å². The number of thiophene rings is 1. The molecule has 23 heavy (non-hydrogen) atoms. The lowest BCUT2D eigenvalue weighted by Gasteiger charge is -2.29. The molecule has 1 aromatic carbocycles. The van der Waals surface area contributed by atoms with Gasteiger partial charge in [0.15, 0.2) is 0 Å². The van der Waals surface area contributed by atoms with Crippen LogP contribution in [0.25, 0.3) is 0 Å². The first kappa shape index (κ1) is 16.5. The molecule has 1 aromatic heterocycles. The zero-order chi connectivity index (χ0) is 15.9. The number of nitrogens with zero attached hydrogens (tertiary/aromatic N) is 1. The first-order chi connectivity index (χ1) is 11.4. The topological polar surface area (TPSA) is 12.5 Å². The van der Waals surface area contributed by atoms with Gasteiger partial charge < -0.3 is 4.74 Å². The molecule has 2 heterocycles. The van der Waals surface area contributed by atoms with E-state index in [1.165, 1.54) is 42.7 Å². The van der Waals surface area contributed by atoms with Crippen LogP contribution in [0.4, 0.5) is 0 Å². The molecule has 0 saturated carbocycles. The van der Waals surface area contributed by atoms with E-state index >= 15 is 0 Å². The zero-order valence-electron chi connectivity index (χ0n) is 14.0. The van der Waals surface area contributed by atoms with Gasteiger partial charge in [-0.1, -0.05) is 38.0 Å². The molecule has 0 spiro atoms. The van der Waals surface area contributed by atoms with E-state index in [-0.39, 0.29) is 0 Å². The Bertz CT molecular complexity index is 564. The van der Waals surface area contributed by atoms with Crippen molar-refractivity contribution in [3.8, 4) is 5.75 Å². The van der Waals surface area contributed by atoms with E-state index < -0.39 is 0 Å².